The normalized spacial score (nSPS) is 12.9. The van der Waals surface area contributed by atoms with Gasteiger partial charge in [-0.25, -0.2) is 34.7 Å². The molecule has 0 bridgehead atoms. The molecule has 3 rings (SSSR count). The van der Waals surface area contributed by atoms with Crippen molar-refractivity contribution in [3.63, 3.8) is 0 Å². The third kappa shape index (κ3) is 7.28. The first kappa shape index (κ1) is 29.9. The van der Waals surface area contributed by atoms with E-state index in [0.717, 1.165) is 28.6 Å². The van der Waals surface area contributed by atoms with Crippen LogP contribution in [0.25, 0.3) is 0 Å². The Morgan fingerprint density at radius 3 is 2.18 bits per heavy atom. The molecular formula is C26H28ClF3N2O4S2. The number of sulfonamides is 2. The van der Waals surface area contributed by atoms with Gasteiger partial charge in [-0.1, -0.05) is 24.6 Å². The predicted octanol–water partition coefficient (Wildman–Crippen LogP) is 5.98. The van der Waals surface area contributed by atoms with Gasteiger partial charge >= 0.3 is 0 Å². The van der Waals surface area contributed by atoms with E-state index in [1.807, 2.05) is 0 Å². The van der Waals surface area contributed by atoms with Crippen LogP contribution in [-0.4, -0.2) is 29.1 Å². The maximum absolute atomic E-state index is 15.0. The first-order chi connectivity index (χ1) is 17.9. The fraction of sp³-hybridized carbons (Fsp3) is 0.308. The molecule has 1 atom stereocenters. The maximum atomic E-state index is 15.0. The monoisotopic (exact) mass is 588 g/mol. The van der Waals surface area contributed by atoms with Gasteiger partial charge in [-0.15, -0.1) is 0 Å². The van der Waals surface area contributed by atoms with Crippen molar-refractivity contribution in [1.82, 2.24) is 4.72 Å². The van der Waals surface area contributed by atoms with Gasteiger partial charge in [0.1, 0.15) is 17.5 Å². The van der Waals surface area contributed by atoms with Gasteiger partial charge in [-0.3, -0.25) is 4.31 Å². The van der Waals surface area contributed by atoms with Gasteiger partial charge in [0.15, 0.2) is 0 Å². The summed E-state index contributed by atoms with van der Waals surface area (Å²) in [5, 5.41) is 0.289. The summed E-state index contributed by atoms with van der Waals surface area (Å²) in [6, 6.07) is 10.4. The number of halogens is 4. The predicted molar refractivity (Wildman–Crippen MR) is 143 cm³/mol. The van der Waals surface area contributed by atoms with Crippen molar-refractivity contribution in [3.8, 4) is 0 Å². The molecule has 0 fully saturated rings. The maximum Gasteiger partial charge on any atom is 0.264 e. The molecule has 6 nitrogen and oxygen atoms in total. The van der Waals surface area contributed by atoms with E-state index in [9.17, 15) is 30.0 Å². The van der Waals surface area contributed by atoms with Gasteiger partial charge in [0, 0.05) is 17.6 Å². The zero-order chi connectivity index (χ0) is 28.1. The van der Waals surface area contributed by atoms with Crippen molar-refractivity contribution in [2.75, 3.05) is 16.6 Å². The highest BCUT2D eigenvalue weighted by atomic mass is 35.5. The first-order valence-corrected chi connectivity index (χ1v) is 15.3. The molecule has 3 aromatic carbocycles. The van der Waals surface area contributed by atoms with E-state index < -0.39 is 49.2 Å². The average Bonchev–Trinajstić information content (AvgIpc) is 2.84. The minimum Gasteiger partial charge on any atom is -0.256 e. The third-order valence-electron chi connectivity index (χ3n) is 5.90. The van der Waals surface area contributed by atoms with E-state index >= 15 is 0 Å². The smallest absolute Gasteiger partial charge is 0.256 e. The highest BCUT2D eigenvalue weighted by Crippen LogP contribution is 2.37. The Kier molecular flexibility index (Phi) is 9.85. The standard InChI is InChI=1S/C26H28ClF3N2O4S2/c1-3-31-37(33,34)15-5-4-6-19-16-21(28)9-13-24(19)18(2)32(26-17-22(29)10-14-25(26)30)38(35,36)23-11-7-20(27)8-12-23/h7-14,16-18,31H,3-6,15H2,1-2H3/t18-/m1/s1. The quantitative estimate of drug-likeness (QED) is 0.264. The summed E-state index contributed by atoms with van der Waals surface area (Å²) < 4.78 is 98.0. The number of unbranched alkanes of at least 4 members (excludes halogenated alkanes) is 1. The lowest BCUT2D eigenvalue weighted by atomic mass is 9.97. The van der Waals surface area contributed by atoms with Crippen molar-refractivity contribution >= 4 is 37.3 Å². The number of nitrogens with one attached hydrogen (secondary N) is 1. The minimum atomic E-state index is -4.45. The Morgan fingerprint density at radius 2 is 1.53 bits per heavy atom. The fourth-order valence-electron chi connectivity index (χ4n) is 4.15. The lowest BCUT2D eigenvalue weighted by Crippen LogP contribution is -2.35. The Bertz CT molecular complexity index is 1480. The lowest BCUT2D eigenvalue weighted by molar-refractivity contribution is 0.568. The van der Waals surface area contributed by atoms with Crippen LogP contribution >= 0.6 is 11.6 Å². The number of benzene rings is 3. The number of hydrogen-bond donors (Lipinski definition) is 1. The second-order valence-electron chi connectivity index (χ2n) is 8.64. The van der Waals surface area contributed by atoms with E-state index in [2.05, 4.69) is 4.72 Å². The number of aryl methyl sites for hydroxylation is 1. The van der Waals surface area contributed by atoms with E-state index in [1.165, 1.54) is 43.3 Å². The Morgan fingerprint density at radius 1 is 0.895 bits per heavy atom. The molecule has 3 aromatic rings. The topological polar surface area (TPSA) is 83.6 Å². The molecule has 206 valence electrons. The second kappa shape index (κ2) is 12.5. The summed E-state index contributed by atoms with van der Waals surface area (Å²) in [5.41, 5.74) is 0.271. The van der Waals surface area contributed by atoms with Crippen LogP contribution in [0.4, 0.5) is 18.9 Å². The summed E-state index contributed by atoms with van der Waals surface area (Å²) >= 11 is 5.91. The Balaban J connectivity index is 2.04. The number of anilines is 1. The average molecular weight is 589 g/mol. The zero-order valence-corrected chi connectivity index (χ0v) is 23.2. The first-order valence-electron chi connectivity index (χ1n) is 11.9. The van der Waals surface area contributed by atoms with Crippen molar-refractivity contribution in [1.29, 1.82) is 0 Å². The summed E-state index contributed by atoms with van der Waals surface area (Å²) in [5.74, 6) is -2.49. The largest absolute Gasteiger partial charge is 0.264 e. The van der Waals surface area contributed by atoms with Crippen molar-refractivity contribution < 1.29 is 30.0 Å². The van der Waals surface area contributed by atoms with Gasteiger partial charge in [0.05, 0.1) is 22.4 Å². The highest BCUT2D eigenvalue weighted by Gasteiger charge is 2.33. The number of hydrogen-bond acceptors (Lipinski definition) is 4. The molecular weight excluding hydrogens is 561 g/mol. The summed E-state index contributed by atoms with van der Waals surface area (Å²) in [4.78, 5) is -0.199. The third-order valence-corrected chi connectivity index (χ3v) is 9.60. The molecule has 0 aliphatic rings. The van der Waals surface area contributed by atoms with Crippen LogP contribution in [0.15, 0.2) is 65.6 Å². The SMILES string of the molecule is CCNS(=O)(=O)CCCCc1cc(F)ccc1[C@@H](C)N(c1cc(F)ccc1F)S(=O)(=O)c1ccc(Cl)cc1. The number of rotatable bonds is 12. The molecule has 0 radical (unpaired) electrons. The molecule has 0 aliphatic heterocycles. The second-order valence-corrected chi connectivity index (χ2v) is 12.8. The summed E-state index contributed by atoms with van der Waals surface area (Å²) in [6.45, 7) is 3.43. The molecule has 0 aromatic heterocycles. The van der Waals surface area contributed by atoms with Crippen LogP contribution in [0.1, 0.15) is 43.9 Å². The van der Waals surface area contributed by atoms with Crippen molar-refractivity contribution in [3.05, 3.63) is 94.3 Å². The van der Waals surface area contributed by atoms with Crippen LogP contribution in [0.5, 0.6) is 0 Å². The lowest BCUT2D eigenvalue weighted by Gasteiger charge is -2.32. The minimum absolute atomic E-state index is 0.118. The zero-order valence-electron chi connectivity index (χ0n) is 20.8. The molecule has 1 N–H and O–H groups in total. The van der Waals surface area contributed by atoms with Gasteiger partial charge < -0.3 is 0 Å². The fourth-order valence-corrected chi connectivity index (χ4v) is 7.08. The van der Waals surface area contributed by atoms with E-state index in [1.54, 1.807) is 6.92 Å². The summed E-state index contributed by atoms with van der Waals surface area (Å²) in [7, 11) is -7.88. The Labute approximate surface area is 226 Å². The van der Waals surface area contributed by atoms with Crippen LogP contribution < -0.4 is 9.03 Å². The van der Waals surface area contributed by atoms with Crippen LogP contribution in [-0.2, 0) is 26.5 Å². The van der Waals surface area contributed by atoms with E-state index in [-0.39, 0.29) is 35.1 Å². The molecule has 0 heterocycles. The van der Waals surface area contributed by atoms with Crippen molar-refractivity contribution in [2.24, 2.45) is 0 Å². The molecule has 0 amide bonds. The van der Waals surface area contributed by atoms with Crippen LogP contribution in [0.3, 0.4) is 0 Å². The highest BCUT2D eigenvalue weighted by molar-refractivity contribution is 7.92. The van der Waals surface area contributed by atoms with Gasteiger partial charge in [0.2, 0.25) is 10.0 Å². The molecule has 0 spiro atoms. The Hall–Kier alpha value is -2.60. The van der Waals surface area contributed by atoms with Gasteiger partial charge in [-0.2, -0.15) is 0 Å². The molecule has 38 heavy (non-hydrogen) atoms. The molecule has 0 saturated carbocycles. The van der Waals surface area contributed by atoms with Crippen LogP contribution in [0.2, 0.25) is 5.02 Å². The molecule has 0 saturated heterocycles. The van der Waals surface area contributed by atoms with Gasteiger partial charge in [-0.05, 0) is 85.8 Å². The van der Waals surface area contributed by atoms with Gasteiger partial charge in [0.25, 0.3) is 10.0 Å². The van der Waals surface area contributed by atoms with E-state index in [0.29, 0.717) is 17.5 Å². The summed E-state index contributed by atoms with van der Waals surface area (Å²) in [6.07, 6.45) is 0.885. The molecule has 0 aliphatic carbocycles. The van der Waals surface area contributed by atoms with E-state index in [4.69, 9.17) is 11.6 Å². The molecule has 12 heteroatoms. The van der Waals surface area contributed by atoms with Crippen LogP contribution in [0, 0.1) is 17.5 Å². The number of nitrogens with zero attached hydrogens (tertiary/aromatic N) is 1. The van der Waals surface area contributed by atoms with Crippen molar-refractivity contribution in [2.45, 2.75) is 44.0 Å². The molecule has 0 unspecified atom stereocenters.